The maximum absolute atomic E-state index is 10.9. The van der Waals surface area contributed by atoms with Crippen molar-refractivity contribution in [3.8, 4) is 0 Å². The summed E-state index contributed by atoms with van der Waals surface area (Å²) in [5.41, 5.74) is 1.65. The molecule has 0 aliphatic carbocycles. The van der Waals surface area contributed by atoms with E-state index in [1.165, 1.54) is 18.4 Å². The van der Waals surface area contributed by atoms with Gasteiger partial charge in [0, 0.05) is 0 Å². The molecule has 0 spiro atoms. The fourth-order valence-corrected chi connectivity index (χ4v) is 2.45. The third kappa shape index (κ3) is 4.38. The highest BCUT2D eigenvalue weighted by molar-refractivity contribution is 5.87. The predicted octanol–water partition coefficient (Wildman–Crippen LogP) is 4.95. The number of hydrogen-bond acceptors (Lipinski definition) is 1. The molecule has 1 rings (SSSR count). The molecule has 0 saturated carbocycles. The number of benzene rings is 1. The summed E-state index contributed by atoms with van der Waals surface area (Å²) in [6, 6.07) is 7.43. The summed E-state index contributed by atoms with van der Waals surface area (Å²) < 4.78 is 0. The van der Waals surface area contributed by atoms with Crippen LogP contribution in [-0.4, -0.2) is 11.1 Å². The quantitative estimate of drug-likeness (QED) is 0.754. The molecule has 0 heterocycles. The highest BCUT2D eigenvalue weighted by atomic mass is 16.4. The second-order valence-electron chi connectivity index (χ2n) is 5.67. The summed E-state index contributed by atoms with van der Waals surface area (Å²) in [6.45, 7) is 9.03. The number of hydrogen-bond donors (Lipinski definition) is 1. The van der Waals surface area contributed by atoms with Gasteiger partial charge in [-0.05, 0) is 41.9 Å². The topological polar surface area (TPSA) is 37.3 Å². The number of carboxylic acids is 1. The largest absolute Gasteiger partial charge is 0.478 e. The first-order chi connectivity index (χ1) is 8.99. The van der Waals surface area contributed by atoms with Gasteiger partial charge in [-0.1, -0.05) is 52.7 Å². The Kier molecular flexibility index (Phi) is 6.07. The van der Waals surface area contributed by atoms with Crippen LogP contribution in [0.5, 0.6) is 0 Å². The molecular weight excluding hydrogens is 236 g/mol. The smallest absolute Gasteiger partial charge is 0.335 e. The van der Waals surface area contributed by atoms with Gasteiger partial charge in [0.1, 0.15) is 0 Å². The minimum atomic E-state index is -0.853. The third-order valence-corrected chi connectivity index (χ3v) is 4.27. The lowest BCUT2D eigenvalue weighted by atomic mass is 9.79. The Morgan fingerprint density at radius 1 is 1.11 bits per heavy atom. The molecule has 1 aromatic rings. The first-order valence-electron chi connectivity index (χ1n) is 7.32. The Morgan fingerprint density at radius 2 is 1.68 bits per heavy atom. The van der Waals surface area contributed by atoms with Gasteiger partial charge in [0.2, 0.25) is 0 Å². The van der Waals surface area contributed by atoms with E-state index in [9.17, 15) is 4.79 Å². The fourth-order valence-electron chi connectivity index (χ4n) is 2.45. The van der Waals surface area contributed by atoms with Crippen LogP contribution < -0.4 is 0 Å². The van der Waals surface area contributed by atoms with Crippen LogP contribution in [0.4, 0.5) is 0 Å². The summed E-state index contributed by atoms with van der Waals surface area (Å²) >= 11 is 0. The number of rotatable bonds is 7. The van der Waals surface area contributed by atoms with Gasteiger partial charge in [-0.2, -0.15) is 0 Å². The SMILES string of the molecule is CCC(C)CC(c1ccc(C(=O)O)cc1)C(C)CC. The maximum Gasteiger partial charge on any atom is 0.335 e. The summed E-state index contributed by atoms with van der Waals surface area (Å²) in [7, 11) is 0. The van der Waals surface area contributed by atoms with Crippen LogP contribution in [0.3, 0.4) is 0 Å². The molecule has 0 aromatic heterocycles. The third-order valence-electron chi connectivity index (χ3n) is 4.27. The van der Waals surface area contributed by atoms with E-state index in [0.29, 0.717) is 23.3 Å². The van der Waals surface area contributed by atoms with Crippen molar-refractivity contribution in [1.29, 1.82) is 0 Å². The molecule has 2 nitrogen and oxygen atoms in total. The maximum atomic E-state index is 10.9. The molecule has 19 heavy (non-hydrogen) atoms. The molecule has 0 radical (unpaired) electrons. The van der Waals surface area contributed by atoms with Crippen LogP contribution in [0, 0.1) is 11.8 Å². The molecule has 0 saturated heterocycles. The van der Waals surface area contributed by atoms with Crippen molar-refractivity contribution < 1.29 is 9.90 Å². The predicted molar refractivity (Wildman–Crippen MR) is 79.7 cm³/mol. The minimum absolute atomic E-state index is 0.371. The van der Waals surface area contributed by atoms with Gasteiger partial charge >= 0.3 is 5.97 Å². The Morgan fingerprint density at radius 3 is 2.11 bits per heavy atom. The lowest BCUT2D eigenvalue weighted by Crippen LogP contribution is -2.13. The van der Waals surface area contributed by atoms with Crippen molar-refractivity contribution in [3.63, 3.8) is 0 Å². The van der Waals surface area contributed by atoms with E-state index < -0.39 is 5.97 Å². The van der Waals surface area contributed by atoms with Gasteiger partial charge in [0.15, 0.2) is 0 Å². The standard InChI is InChI=1S/C17H26O2/c1-5-12(3)11-16(13(4)6-2)14-7-9-15(10-8-14)17(18)19/h7-10,12-13,16H,5-6,11H2,1-4H3,(H,18,19). The monoisotopic (exact) mass is 262 g/mol. The van der Waals surface area contributed by atoms with Crippen LogP contribution in [0.1, 0.15) is 68.8 Å². The van der Waals surface area contributed by atoms with Crippen molar-refractivity contribution in [3.05, 3.63) is 35.4 Å². The average Bonchev–Trinajstić information content (AvgIpc) is 2.43. The Balaban J connectivity index is 2.93. The normalized spacial score (nSPS) is 15.8. The van der Waals surface area contributed by atoms with E-state index in [1.807, 2.05) is 12.1 Å². The summed E-state index contributed by atoms with van der Waals surface area (Å²) in [4.78, 5) is 10.9. The Labute approximate surface area is 116 Å². The zero-order valence-corrected chi connectivity index (χ0v) is 12.5. The van der Waals surface area contributed by atoms with Crippen molar-refractivity contribution in [2.45, 2.75) is 52.9 Å². The van der Waals surface area contributed by atoms with Gasteiger partial charge in [-0.25, -0.2) is 4.79 Å². The van der Waals surface area contributed by atoms with Crippen LogP contribution in [0.25, 0.3) is 0 Å². The molecule has 1 aromatic carbocycles. The van der Waals surface area contributed by atoms with Gasteiger partial charge in [-0.15, -0.1) is 0 Å². The molecule has 0 bridgehead atoms. The van der Waals surface area contributed by atoms with Crippen LogP contribution in [0.2, 0.25) is 0 Å². The van der Waals surface area contributed by atoms with E-state index in [1.54, 1.807) is 12.1 Å². The van der Waals surface area contributed by atoms with Crippen LogP contribution in [-0.2, 0) is 0 Å². The molecule has 3 unspecified atom stereocenters. The van der Waals surface area contributed by atoms with Gasteiger partial charge in [0.05, 0.1) is 5.56 Å². The van der Waals surface area contributed by atoms with Crippen molar-refractivity contribution in [1.82, 2.24) is 0 Å². The molecule has 106 valence electrons. The van der Waals surface area contributed by atoms with Crippen LogP contribution in [0.15, 0.2) is 24.3 Å². The molecular formula is C17H26O2. The van der Waals surface area contributed by atoms with E-state index in [-0.39, 0.29) is 0 Å². The average molecular weight is 262 g/mol. The molecule has 0 fully saturated rings. The lowest BCUT2D eigenvalue weighted by Gasteiger charge is -2.26. The first-order valence-corrected chi connectivity index (χ1v) is 7.32. The summed E-state index contributed by atoms with van der Waals surface area (Å²) in [5.74, 6) is 1.01. The molecule has 0 aliphatic rings. The van der Waals surface area contributed by atoms with Gasteiger partial charge < -0.3 is 5.11 Å². The summed E-state index contributed by atoms with van der Waals surface area (Å²) in [6.07, 6.45) is 3.53. The molecule has 0 amide bonds. The number of carbonyl (C=O) groups is 1. The van der Waals surface area contributed by atoms with Crippen molar-refractivity contribution in [2.24, 2.45) is 11.8 Å². The number of carboxylic acid groups (broad SMARTS) is 1. The highest BCUT2D eigenvalue weighted by Gasteiger charge is 2.20. The first kappa shape index (κ1) is 15.7. The van der Waals surface area contributed by atoms with E-state index in [2.05, 4.69) is 27.7 Å². The molecule has 3 atom stereocenters. The van der Waals surface area contributed by atoms with Crippen molar-refractivity contribution >= 4 is 5.97 Å². The van der Waals surface area contributed by atoms with E-state index in [4.69, 9.17) is 5.11 Å². The van der Waals surface area contributed by atoms with Gasteiger partial charge in [-0.3, -0.25) is 0 Å². The minimum Gasteiger partial charge on any atom is -0.478 e. The van der Waals surface area contributed by atoms with Crippen molar-refractivity contribution in [2.75, 3.05) is 0 Å². The number of aromatic carboxylic acids is 1. The van der Waals surface area contributed by atoms with Crippen LogP contribution >= 0.6 is 0 Å². The molecule has 0 aliphatic heterocycles. The molecule has 1 N–H and O–H groups in total. The zero-order chi connectivity index (χ0) is 14.4. The lowest BCUT2D eigenvalue weighted by molar-refractivity contribution is 0.0697. The second-order valence-corrected chi connectivity index (χ2v) is 5.67. The Bertz CT molecular complexity index is 394. The molecule has 2 heteroatoms. The summed E-state index contributed by atoms with van der Waals surface area (Å²) in [5, 5.41) is 8.95. The fraction of sp³-hybridized carbons (Fsp3) is 0.588. The Hall–Kier alpha value is -1.31. The highest BCUT2D eigenvalue weighted by Crippen LogP contribution is 2.33. The van der Waals surface area contributed by atoms with Gasteiger partial charge in [0.25, 0.3) is 0 Å². The van der Waals surface area contributed by atoms with E-state index >= 15 is 0 Å². The van der Waals surface area contributed by atoms with E-state index in [0.717, 1.165) is 6.42 Å². The zero-order valence-electron chi connectivity index (χ0n) is 12.5. The second kappa shape index (κ2) is 7.32.